The van der Waals surface area contributed by atoms with Crippen molar-refractivity contribution in [2.24, 2.45) is 11.7 Å². The average Bonchev–Trinajstić information content (AvgIpc) is 2.72. The molecule has 0 aromatic heterocycles. The highest BCUT2D eigenvalue weighted by atomic mass is 16.2. The molecule has 1 saturated heterocycles. The van der Waals surface area contributed by atoms with E-state index in [0.29, 0.717) is 18.9 Å². The molecule has 1 aliphatic carbocycles. The normalized spacial score (nSPS) is 29.3. The van der Waals surface area contributed by atoms with Crippen LogP contribution in [0.5, 0.6) is 0 Å². The largest absolute Gasteiger partial charge is 0.332 e. The molecule has 0 unspecified atom stereocenters. The molecule has 0 radical (unpaired) electrons. The van der Waals surface area contributed by atoms with Gasteiger partial charge in [0.05, 0.1) is 12.1 Å². The Morgan fingerprint density at radius 2 is 2.05 bits per heavy atom. The minimum Gasteiger partial charge on any atom is -0.332 e. The van der Waals surface area contributed by atoms with E-state index in [2.05, 4.69) is 0 Å². The maximum Gasteiger partial charge on any atom is 0.242 e. The van der Waals surface area contributed by atoms with E-state index in [1.54, 1.807) is 4.90 Å². The molecular formula is C16H29N3O2. The molecule has 2 amide bonds. The van der Waals surface area contributed by atoms with Crippen LogP contribution in [-0.2, 0) is 9.59 Å². The predicted molar refractivity (Wildman–Crippen MR) is 82.6 cm³/mol. The van der Waals surface area contributed by atoms with Gasteiger partial charge in [0.2, 0.25) is 11.8 Å². The van der Waals surface area contributed by atoms with Gasteiger partial charge in [0, 0.05) is 25.0 Å². The van der Waals surface area contributed by atoms with E-state index in [-0.39, 0.29) is 36.0 Å². The highest BCUT2D eigenvalue weighted by molar-refractivity contribution is 5.87. The Kier molecular flexibility index (Phi) is 4.61. The van der Waals surface area contributed by atoms with Crippen LogP contribution < -0.4 is 5.73 Å². The minimum atomic E-state index is -0.309. The molecular weight excluding hydrogens is 266 g/mol. The lowest BCUT2D eigenvalue weighted by atomic mass is 9.94. The van der Waals surface area contributed by atoms with E-state index < -0.39 is 0 Å². The number of piperazine rings is 1. The Morgan fingerprint density at radius 1 is 1.38 bits per heavy atom. The van der Waals surface area contributed by atoms with Crippen LogP contribution in [0.2, 0.25) is 0 Å². The molecule has 2 rings (SSSR count). The second-order valence-electron chi connectivity index (χ2n) is 7.48. The topological polar surface area (TPSA) is 66.6 Å². The molecule has 1 aliphatic heterocycles. The first-order valence-electron chi connectivity index (χ1n) is 8.08. The molecule has 2 atom stereocenters. The summed E-state index contributed by atoms with van der Waals surface area (Å²) in [6, 6.07) is 0.308. The van der Waals surface area contributed by atoms with E-state index in [0.717, 1.165) is 19.3 Å². The third kappa shape index (κ3) is 3.39. The van der Waals surface area contributed by atoms with Crippen LogP contribution in [-0.4, -0.2) is 52.3 Å². The number of hydrogen-bond acceptors (Lipinski definition) is 3. The molecule has 5 heteroatoms. The summed E-state index contributed by atoms with van der Waals surface area (Å²) in [7, 11) is 0. The molecule has 0 aromatic carbocycles. The van der Waals surface area contributed by atoms with Crippen molar-refractivity contribution in [2.45, 2.75) is 71.0 Å². The zero-order valence-electron chi connectivity index (χ0n) is 13.8. The van der Waals surface area contributed by atoms with Crippen LogP contribution in [0.4, 0.5) is 0 Å². The predicted octanol–water partition coefficient (Wildman–Crippen LogP) is 1.36. The molecule has 2 N–H and O–H groups in total. The van der Waals surface area contributed by atoms with Gasteiger partial charge in [-0.15, -0.1) is 0 Å². The third-order valence-corrected chi connectivity index (χ3v) is 4.85. The number of carbonyl (C=O) groups excluding carboxylic acids is 2. The Morgan fingerprint density at radius 3 is 2.52 bits per heavy atom. The maximum atomic E-state index is 12.5. The summed E-state index contributed by atoms with van der Waals surface area (Å²) in [5.41, 5.74) is 5.74. The molecule has 2 fully saturated rings. The lowest BCUT2D eigenvalue weighted by Gasteiger charge is -2.49. The Bertz CT molecular complexity index is 420. The van der Waals surface area contributed by atoms with E-state index in [4.69, 9.17) is 5.73 Å². The number of nitrogens with zero attached hydrogens (tertiary/aromatic N) is 2. The molecule has 5 nitrogen and oxygen atoms in total. The van der Waals surface area contributed by atoms with Gasteiger partial charge in [0.15, 0.2) is 0 Å². The van der Waals surface area contributed by atoms with Crippen LogP contribution in [0.25, 0.3) is 0 Å². The molecule has 2 aliphatic rings. The zero-order valence-corrected chi connectivity index (χ0v) is 13.8. The SMILES string of the molecule is CC(C)N1C(=O)CN(C(=O)C[C@@H]2CCC[C@H]2N)CC1(C)C. The third-order valence-electron chi connectivity index (χ3n) is 4.85. The zero-order chi connectivity index (χ0) is 15.8. The summed E-state index contributed by atoms with van der Waals surface area (Å²) < 4.78 is 0. The van der Waals surface area contributed by atoms with Gasteiger partial charge in [-0.05, 0) is 46.5 Å². The Hall–Kier alpha value is -1.10. The molecule has 0 aromatic rings. The second-order valence-corrected chi connectivity index (χ2v) is 7.48. The number of amides is 2. The summed E-state index contributed by atoms with van der Waals surface area (Å²) in [5.74, 6) is 0.423. The molecule has 0 bridgehead atoms. The van der Waals surface area contributed by atoms with Crippen molar-refractivity contribution >= 4 is 11.8 Å². The smallest absolute Gasteiger partial charge is 0.242 e. The number of hydrogen-bond donors (Lipinski definition) is 1. The van der Waals surface area contributed by atoms with Gasteiger partial charge in [0.25, 0.3) is 0 Å². The van der Waals surface area contributed by atoms with Crippen LogP contribution in [0.15, 0.2) is 0 Å². The summed E-state index contributed by atoms with van der Waals surface area (Å²) >= 11 is 0. The number of carbonyl (C=O) groups is 2. The number of nitrogens with two attached hydrogens (primary N) is 1. The summed E-state index contributed by atoms with van der Waals surface area (Å²) in [6.07, 6.45) is 3.66. The minimum absolute atomic E-state index is 0.0466. The second kappa shape index (κ2) is 5.95. The van der Waals surface area contributed by atoms with Crippen molar-refractivity contribution in [3.63, 3.8) is 0 Å². The summed E-state index contributed by atoms with van der Waals surface area (Å²) in [6.45, 7) is 8.93. The lowest BCUT2D eigenvalue weighted by Crippen LogP contribution is -2.65. The summed E-state index contributed by atoms with van der Waals surface area (Å²) in [5, 5.41) is 0. The van der Waals surface area contributed by atoms with Gasteiger partial charge in [-0.3, -0.25) is 9.59 Å². The fraction of sp³-hybridized carbons (Fsp3) is 0.875. The lowest BCUT2D eigenvalue weighted by molar-refractivity contribution is -0.156. The van der Waals surface area contributed by atoms with Crippen LogP contribution in [0.3, 0.4) is 0 Å². The van der Waals surface area contributed by atoms with Gasteiger partial charge in [0.1, 0.15) is 0 Å². The number of rotatable bonds is 3. The van der Waals surface area contributed by atoms with Gasteiger partial charge in [-0.1, -0.05) is 6.42 Å². The average molecular weight is 295 g/mol. The maximum absolute atomic E-state index is 12.5. The molecule has 21 heavy (non-hydrogen) atoms. The van der Waals surface area contributed by atoms with Crippen molar-refractivity contribution in [1.82, 2.24) is 9.80 Å². The standard InChI is InChI=1S/C16H29N3O2/c1-11(2)19-15(21)9-18(10-16(19,3)4)14(20)8-12-6-5-7-13(12)17/h11-13H,5-10,17H2,1-4H3/t12-,13+/m0/s1. The van der Waals surface area contributed by atoms with Crippen LogP contribution in [0.1, 0.15) is 53.4 Å². The summed E-state index contributed by atoms with van der Waals surface area (Å²) in [4.78, 5) is 28.5. The highest BCUT2D eigenvalue weighted by Gasteiger charge is 2.41. The first-order valence-corrected chi connectivity index (χ1v) is 8.08. The molecule has 1 saturated carbocycles. The Labute approximate surface area is 127 Å². The van der Waals surface area contributed by atoms with Crippen molar-refractivity contribution < 1.29 is 9.59 Å². The van der Waals surface area contributed by atoms with Gasteiger partial charge < -0.3 is 15.5 Å². The van der Waals surface area contributed by atoms with Crippen LogP contribution in [0, 0.1) is 5.92 Å². The Balaban J connectivity index is 2.02. The molecule has 0 spiro atoms. The quantitative estimate of drug-likeness (QED) is 0.855. The van der Waals surface area contributed by atoms with Crippen molar-refractivity contribution in [3.8, 4) is 0 Å². The van der Waals surface area contributed by atoms with Crippen molar-refractivity contribution in [3.05, 3.63) is 0 Å². The fourth-order valence-electron chi connectivity index (χ4n) is 4.01. The van der Waals surface area contributed by atoms with E-state index in [9.17, 15) is 9.59 Å². The van der Waals surface area contributed by atoms with Gasteiger partial charge >= 0.3 is 0 Å². The van der Waals surface area contributed by atoms with Crippen LogP contribution >= 0.6 is 0 Å². The highest BCUT2D eigenvalue weighted by Crippen LogP contribution is 2.29. The van der Waals surface area contributed by atoms with E-state index >= 15 is 0 Å². The van der Waals surface area contributed by atoms with E-state index in [1.807, 2.05) is 32.6 Å². The fourth-order valence-corrected chi connectivity index (χ4v) is 4.01. The van der Waals surface area contributed by atoms with Gasteiger partial charge in [-0.2, -0.15) is 0 Å². The van der Waals surface area contributed by atoms with E-state index in [1.165, 1.54) is 0 Å². The van der Waals surface area contributed by atoms with Crippen molar-refractivity contribution in [2.75, 3.05) is 13.1 Å². The first-order chi connectivity index (χ1) is 9.72. The molecule has 1 heterocycles. The van der Waals surface area contributed by atoms with Gasteiger partial charge in [-0.25, -0.2) is 0 Å². The first kappa shape index (κ1) is 16.3. The van der Waals surface area contributed by atoms with Crippen molar-refractivity contribution in [1.29, 1.82) is 0 Å². The monoisotopic (exact) mass is 295 g/mol. The molecule has 120 valence electrons.